The number of carbonyl (C=O) groups excluding carboxylic acids is 3. The molecule has 2 aliphatic rings. The molecule has 7 heteroatoms. The lowest BCUT2D eigenvalue weighted by Crippen LogP contribution is -2.69. The van der Waals surface area contributed by atoms with E-state index in [9.17, 15) is 14.4 Å². The van der Waals surface area contributed by atoms with E-state index in [0.29, 0.717) is 18.8 Å². The minimum atomic E-state index is -0.584. The van der Waals surface area contributed by atoms with Crippen LogP contribution in [0, 0.1) is 0 Å². The molecular weight excluding hydrogens is 296 g/mol. The van der Waals surface area contributed by atoms with Crippen LogP contribution in [0.3, 0.4) is 0 Å². The monoisotopic (exact) mass is 316 g/mol. The molecule has 7 nitrogen and oxygen atoms in total. The summed E-state index contributed by atoms with van der Waals surface area (Å²) in [5, 5.41) is 2.81. The summed E-state index contributed by atoms with van der Waals surface area (Å²) in [6, 6.07) is 7.88. The van der Waals surface area contributed by atoms with Gasteiger partial charge in [-0.15, -0.1) is 0 Å². The van der Waals surface area contributed by atoms with Gasteiger partial charge in [-0.2, -0.15) is 0 Å². The first-order valence-electron chi connectivity index (χ1n) is 7.67. The number of hydrogen-bond donors (Lipinski definition) is 1. The molecule has 0 radical (unpaired) electrons. The van der Waals surface area contributed by atoms with Crippen molar-refractivity contribution >= 4 is 23.5 Å². The largest absolute Gasteiger partial charge is 0.332 e. The number of fused-ring (bicyclic) bond motifs is 1. The molecule has 2 heterocycles. The predicted octanol–water partition coefficient (Wildman–Crippen LogP) is 0.592. The molecule has 0 aromatic heterocycles. The number of nitrogens with one attached hydrogen (secondary N) is 1. The summed E-state index contributed by atoms with van der Waals surface area (Å²) in [6.07, 6.45) is 0. The summed E-state index contributed by atoms with van der Waals surface area (Å²) in [4.78, 5) is 41.7. The van der Waals surface area contributed by atoms with E-state index in [2.05, 4.69) is 5.32 Å². The van der Waals surface area contributed by atoms with Gasteiger partial charge >= 0.3 is 6.03 Å². The molecule has 0 aliphatic carbocycles. The number of likely N-dealkylation sites (N-methyl/N-ethyl adjacent to an activating group) is 1. The van der Waals surface area contributed by atoms with Gasteiger partial charge in [0.1, 0.15) is 12.1 Å². The van der Waals surface area contributed by atoms with E-state index in [1.165, 1.54) is 4.90 Å². The van der Waals surface area contributed by atoms with Crippen molar-refractivity contribution < 1.29 is 14.4 Å². The number of anilines is 1. The van der Waals surface area contributed by atoms with Crippen LogP contribution in [0.5, 0.6) is 0 Å². The molecule has 2 fully saturated rings. The average Bonchev–Trinajstić information content (AvgIpc) is 2.58. The second-order valence-corrected chi connectivity index (χ2v) is 5.91. The van der Waals surface area contributed by atoms with Crippen LogP contribution < -0.4 is 5.32 Å². The van der Waals surface area contributed by atoms with E-state index in [1.807, 2.05) is 18.2 Å². The summed E-state index contributed by atoms with van der Waals surface area (Å²) >= 11 is 0. The zero-order valence-corrected chi connectivity index (χ0v) is 13.2. The highest BCUT2D eigenvalue weighted by Crippen LogP contribution is 2.21. The zero-order valence-electron chi connectivity index (χ0n) is 13.2. The molecule has 1 aromatic carbocycles. The number of carbonyl (C=O) groups is 3. The highest BCUT2D eigenvalue weighted by Gasteiger charge is 2.45. The molecule has 0 bridgehead atoms. The van der Waals surface area contributed by atoms with Gasteiger partial charge in [0.15, 0.2) is 0 Å². The summed E-state index contributed by atoms with van der Waals surface area (Å²) in [5.41, 5.74) is 0.705. The third-order valence-corrected chi connectivity index (χ3v) is 4.55. The number of piperazine rings is 2. The van der Waals surface area contributed by atoms with Crippen molar-refractivity contribution in [3.8, 4) is 0 Å². The molecule has 1 aromatic rings. The fourth-order valence-electron chi connectivity index (χ4n) is 3.00. The minimum absolute atomic E-state index is 0.0554. The van der Waals surface area contributed by atoms with E-state index in [4.69, 9.17) is 0 Å². The van der Waals surface area contributed by atoms with Crippen LogP contribution in [0.4, 0.5) is 10.5 Å². The fourth-order valence-corrected chi connectivity index (χ4v) is 3.00. The first-order chi connectivity index (χ1) is 11.0. The normalized spacial score (nSPS) is 24.5. The van der Waals surface area contributed by atoms with Gasteiger partial charge in [0.2, 0.25) is 11.8 Å². The van der Waals surface area contributed by atoms with Gasteiger partial charge in [-0.05, 0) is 19.1 Å². The molecule has 2 aliphatic heterocycles. The smallest absolute Gasteiger partial charge is 0.321 e. The maximum absolute atomic E-state index is 12.4. The number of benzene rings is 1. The number of rotatable bonds is 1. The number of amides is 4. The molecule has 0 unspecified atom stereocenters. The number of para-hydroxylation sites is 1. The Morgan fingerprint density at radius 3 is 2.52 bits per heavy atom. The van der Waals surface area contributed by atoms with Crippen molar-refractivity contribution in [2.75, 3.05) is 32.0 Å². The van der Waals surface area contributed by atoms with Crippen LogP contribution in [0.25, 0.3) is 0 Å². The Hall–Kier alpha value is -2.57. The van der Waals surface area contributed by atoms with Crippen LogP contribution >= 0.6 is 0 Å². The fraction of sp³-hybridized carbons (Fsp3) is 0.438. The van der Waals surface area contributed by atoms with Gasteiger partial charge in [0, 0.05) is 25.8 Å². The average molecular weight is 316 g/mol. The standard InChI is InChI=1S/C16H20N4O3/c1-11-14(21)20-9-8-19(10-13(20)15(22)18(11)2)16(23)17-12-6-4-3-5-7-12/h3-7,11,13H,8-10H2,1-2H3,(H,17,23)/t11-,13+/m0/s1. The number of nitrogens with zero attached hydrogens (tertiary/aromatic N) is 3. The van der Waals surface area contributed by atoms with Crippen LogP contribution in [-0.2, 0) is 9.59 Å². The Morgan fingerprint density at radius 2 is 1.83 bits per heavy atom. The maximum atomic E-state index is 12.4. The second kappa shape index (κ2) is 5.91. The third-order valence-electron chi connectivity index (χ3n) is 4.55. The molecule has 1 N–H and O–H groups in total. The Kier molecular flexibility index (Phi) is 3.94. The lowest BCUT2D eigenvalue weighted by molar-refractivity contribution is -0.162. The minimum Gasteiger partial charge on any atom is -0.332 e. The summed E-state index contributed by atoms with van der Waals surface area (Å²) in [7, 11) is 1.63. The molecular formula is C16H20N4O3. The first-order valence-corrected chi connectivity index (χ1v) is 7.67. The van der Waals surface area contributed by atoms with Crippen molar-refractivity contribution in [3.05, 3.63) is 30.3 Å². The van der Waals surface area contributed by atoms with E-state index in [1.54, 1.807) is 35.9 Å². The number of hydrogen-bond acceptors (Lipinski definition) is 3. The summed E-state index contributed by atoms with van der Waals surface area (Å²) < 4.78 is 0. The van der Waals surface area contributed by atoms with Crippen LogP contribution in [0.2, 0.25) is 0 Å². The molecule has 23 heavy (non-hydrogen) atoms. The Morgan fingerprint density at radius 1 is 1.13 bits per heavy atom. The summed E-state index contributed by atoms with van der Waals surface area (Å²) in [5.74, 6) is -0.172. The van der Waals surface area contributed by atoms with Gasteiger partial charge in [0.25, 0.3) is 0 Å². The van der Waals surface area contributed by atoms with Crippen molar-refractivity contribution in [2.24, 2.45) is 0 Å². The van der Waals surface area contributed by atoms with E-state index < -0.39 is 12.1 Å². The molecule has 2 atom stereocenters. The zero-order chi connectivity index (χ0) is 16.6. The SMILES string of the molecule is C[C@H]1C(=O)N2CCN(C(=O)Nc3ccccc3)C[C@@H]2C(=O)N1C. The van der Waals surface area contributed by atoms with Gasteiger partial charge in [-0.1, -0.05) is 18.2 Å². The molecule has 122 valence electrons. The second-order valence-electron chi connectivity index (χ2n) is 5.91. The predicted molar refractivity (Wildman–Crippen MR) is 84.8 cm³/mol. The lowest BCUT2D eigenvalue weighted by Gasteiger charge is -2.47. The topological polar surface area (TPSA) is 73.0 Å². The summed E-state index contributed by atoms with van der Waals surface area (Å²) in [6.45, 7) is 2.76. The highest BCUT2D eigenvalue weighted by molar-refractivity contribution is 5.98. The molecule has 3 rings (SSSR count). The van der Waals surface area contributed by atoms with Crippen LogP contribution in [0.15, 0.2) is 30.3 Å². The van der Waals surface area contributed by atoms with E-state index in [0.717, 1.165) is 0 Å². The van der Waals surface area contributed by atoms with Crippen LogP contribution in [-0.4, -0.2) is 71.3 Å². The maximum Gasteiger partial charge on any atom is 0.321 e. The first kappa shape index (κ1) is 15.3. The molecule has 4 amide bonds. The Balaban J connectivity index is 1.70. The van der Waals surface area contributed by atoms with E-state index >= 15 is 0 Å². The van der Waals surface area contributed by atoms with Gasteiger partial charge in [-0.25, -0.2) is 4.79 Å². The van der Waals surface area contributed by atoms with Crippen molar-refractivity contribution in [3.63, 3.8) is 0 Å². The Labute approximate surface area is 134 Å². The quantitative estimate of drug-likeness (QED) is 0.824. The molecule has 0 saturated carbocycles. The van der Waals surface area contributed by atoms with E-state index in [-0.39, 0.29) is 24.4 Å². The number of urea groups is 1. The van der Waals surface area contributed by atoms with Gasteiger partial charge in [-0.3, -0.25) is 9.59 Å². The lowest BCUT2D eigenvalue weighted by atomic mass is 10.0. The van der Waals surface area contributed by atoms with Gasteiger partial charge in [0.05, 0.1) is 6.54 Å². The Bertz CT molecular complexity index is 633. The van der Waals surface area contributed by atoms with Crippen molar-refractivity contribution in [1.82, 2.24) is 14.7 Å². The van der Waals surface area contributed by atoms with Gasteiger partial charge < -0.3 is 20.0 Å². The van der Waals surface area contributed by atoms with Crippen molar-refractivity contribution in [1.29, 1.82) is 0 Å². The third kappa shape index (κ3) is 2.74. The molecule has 2 saturated heterocycles. The highest BCUT2D eigenvalue weighted by atomic mass is 16.2. The van der Waals surface area contributed by atoms with Crippen LogP contribution in [0.1, 0.15) is 6.92 Å². The molecule has 0 spiro atoms. The van der Waals surface area contributed by atoms with Crippen molar-refractivity contribution in [2.45, 2.75) is 19.0 Å².